The Balaban J connectivity index is 1.25. The number of rotatable bonds is 12. The van der Waals surface area contributed by atoms with Crippen molar-refractivity contribution < 1.29 is 19.1 Å². The number of nitrogens with one attached hydrogen (secondary N) is 2. The van der Waals surface area contributed by atoms with Crippen molar-refractivity contribution in [2.24, 2.45) is 0 Å². The molecule has 4 rings (SSSR count). The van der Waals surface area contributed by atoms with Gasteiger partial charge in [-0.2, -0.15) is 0 Å². The van der Waals surface area contributed by atoms with E-state index in [4.69, 9.17) is 9.47 Å². The molecule has 0 aliphatic heterocycles. The number of hydrogen-bond acceptors (Lipinski definition) is 5. The zero-order valence-corrected chi connectivity index (χ0v) is 19.4. The molecule has 0 unspecified atom stereocenters. The maximum absolute atomic E-state index is 12.6. The summed E-state index contributed by atoms with van der Waals surface area (Å²) in [6.45, 7) is 1.65. The van der Waals surface area contributed by atoms with Gasteiger partial charge in [0.2, 0.25) is 5.91 Å². The minimum Gasteiger partial charge on any atom is -0.493 e. The molecular formula is C26H33N3O4. The Bertz CT molecular complexity index is 968. The summed E-state index contributed by atoms with van der Waals surface area (Å²) in [5.41, 5.74) is 2.89. The lowest BCUT2D eigenvalue weighted by molar-refractivity contribution is -0.122. The molecule has 0 heterocycles. The Morgan fingerprint density at radius 2 is 1.64 bits per heavy atom. The second-order valence-electron chi connectivity index (χ2n) is 8.87. The molecule has 7 heteroatoms. The largest absolute Gasteiger partial charge is 0.493 e. The van der Waals surface area contributed by atoms with Gasteiger partial charge in [0, 0.05) is 30.7 Å². The van der Waals surface area contributed by atoms with Gasteiger partial charge >= 0.3 is 0 Å². The van der Waals surface area contributed by atoms with Crippen LogP contribution in [0.1, 0.15) is 47.2 Å². The molecule has 0 radical (unpaired) electrons. The van der Waals surface area contributed by atoms with Crippen molar-refractivity contribution in [2.75, 3.05) is 27.3 Å². The van der Waals surface area contributed by atoms with Crippen LogP contribution in [0.3, 0.4) is 0 Å². The Morgan fingerprint density at radius 1 is 0.939 bits per heavy atom. The van der Waals surface area contributed by atoms with E-state index in [1.54, 1.807) is 14.2 Å². The van der Waals surface area contributed by atoms with E-state index in [-0.39, 0.29) is 11.8 Å². The molecule has 0 saturated heterocycles. The molecule has 0 bridgehead atoms. The van der Waals surface area contributed by atoms with Crippen LogP contribution in [0.4, 0.5) is 0 Å². The number of nitrogens with zero attached hydrogens (tertiary/aromatic N) is 1. The van der Waals surface area contributed by atoms with Crippen LogP contribution in [0.2, 0.25) is 0 Å². The molecule has 0 atom stereocenters. The monoisotopic (exact) mass is 451 g/mol. The van der Waals surface area contributed by atoms with Crippen molar-refractivity contribution in [2.45, 2.75) is 50.7 Å². The maximum atomic E-state index is 12.6. The number of benzene rings is 2. The molecule has 2 aromatic carbocycles. The summed E-state index contributed by atoms with van der Waals surface area (Å²) in [7, 11) is 3.23. The molecule has 0 aromatic heterocycles. The predicted octanol–water partition coefficient (Wildman–Crippen LogP) is 2.92. The Labute approximate surface area is 195 Å². The number of carbonyl (C=O) groups excluding carboxylic acids is 2. The highest BCUT2D eigenvalue weighted by atomic mass is 16.5. The average molecular weight is 452 g/mol. The van der Waals surface area contributed by atoms with E-state index in [0.29, 0.717) is 48.8 Å². The first kappa shape index (κ1) is 23.1. The van der Waals surface area contributed by atoms with Crippen molar-refractivity contribution in [1.29, 1.82) is 0 Å². The highest BCUT2D eigenvalue weighted by Crippen LogP contribution is 2.29. The van der Waals surface area contributed by atoms with Gasteiger partial charge in [0.1, 0.15) is 0 Å². The van der Waals surface area contributed by atoms with Crippen molar-refractivity contribution in [3.63, 3.8) is 0 Å². The third kappa shape index (κ3) is 6.71. The van der Waals surface area contributed by atoms with Gasteiger partial charge in [0.15, 0.2) is 11.5 Å². The topological polar surface area (TPSA) is 79.9 Å². The minimum atomic E-state index is -0.00282. The van der Waals surface area contributed by atoms with E-state index >= 15 is 0 Å². The quantitative estimate of drug-likeness (QED) is 0.519. The second-order valence-corrected chi connectivity index (χ2v) is 8.87. The van der Waals surface area contributed by atoms with E-state index in [1.165, 1.54) is 0 Å². The van der Waals surface area contributed by atoms with Crippen LogP contribution in [0.5, 0.6) is 11.5 Å². The standard InChI is InChI=1S/C26H33N3O4/c1-32-23-12-5-18(15-24(23)33-2)13-14-27-25(30)17-29(22-10-11-22)16-19-3-6-20(7-4-19)26(31)28-21-8-9-21/h3-7,12,15,21-22H,8-11,13-14,16-17H2,1-2H3,(H,27,30)(H,28,31). The molecule has 7 nitrogen and oxygen atoms in total. The average Bonchev–Trinajstić information content (AvgIpc) is 3.74. The molecule has 2 aromatic rings. The SMILES string of the molecule is COc1ccc(CCNC(=O)CN(Cc2ccc(C(=O)NC3CC3)cc2)C2CC2)cc1OC. The molecule has 0 spiro atoms. The van der Waals surface area contributed by atoms with E-state index in [0.717, 1.165) is 43.2 Å². The van der Waals surface area contributed by atoms with Gasteiger partial charge in [-0.05, 0) is 67.5 Å². The van der Waals surface area contributed by atoms with Crippen molar-refractivity contribution in [3.8, 4) is 11.5 Å². The fourth-order valence-electron chi connectivity index (χ4n) is 3.87. The summed E-state index contributed by atoms with van der Waals surface area (Å²) < 4.78 is 10.6. The molecule has 2 N–H and O–H groups in total. The van der Waals surface area contributed by atoms with E-state index in [1.807, 2.05) is 42.5 Å². The molecule has 176 valence electrons. The van der Waals surface area contributed by atoms with Crippen LogP contribution >= 0.6 is 0 Å². The van der Waals surface area contributed by atoms with Crippen molar-refractivity contribution in [3.05, 3.63) is 59.2 Å². The lowest BCUT2D eigenvalue weighted by atomic mass is 10.1. The lowest BCUT2D eigenvalue weighted by Gasteiger charge is -2.21. The highest BCUT2D eigenvalue weighted by molar-refractivity contribution is 5.94. The number of methoxy groups -OCH3 is 2. The van der Waals surface area contributed by atoms with Crippen molar-refractivity contribution >= 4 is 11.8 Å². The van der Waals surface area contributed by atoms with Gasteiger partial charge in [0.05, 0.1) is 20.8 Å². The Morgan fingerprint density at radius 3 is 2.27 bits per heavy atom. The first-order valence-corrected chi connectivity index (χ1v) is 11.7. The first-order chi connectivity index (χ1) is 16.1. The first-order valence-electron chi connectivity index (χ1n) is 11.7. The predicted molar refractivity (Wildman–Crippen MR) is 127 cm³/mol. The van der Waals surface area contributed by atoms with Gasteiger partial charge in [-0.25, -0.2) is 0 Å². The zero-order chi connectivity index (χ0) is 23.2. The number of hydrogen-bond donors (Lipinski definition) is 2. The van der Waals surface area contributed by atoms with E-state index in [2.05, 4.69) is 15.5 Å². The third-order valence-corrected chi connectivity index (χ3v) is 6.11. The van der Waals surface area contributed by atoms with Crippen LogP contribution in [-0.2, 0) is 17.8 Å². The van der Waals surface area contributed by atoms with Crippen LogP contribution in [0, 0.1) is 0 Å². The zero-order valence-electron chi connectivity index (χ0n) is 19.4. The Hall–Kier alpha value is -3.06. The fraction of sp³-hybridized carbons (Fsp3) is 0.462. The molecule has 2 saturated carbocycles. The van der Waals surface area contributed by atoms with Gasteiger partial charge in [-0.15, -0.1) is 0 Å². The molecule has 2 aliphatic rings. The van der Waals surface area contributed by atoms with Gasteiger partial charge in [-0.1, -0.05) is 18.2 Å². The highest BCUT2D eigenvalue weighted by Gasteiger charge is 2.30. The van der Waals surface area contributed by atoms with Crippen LogP contribution in [-0.4, -0.2) is 56.1 Å². The third-order valence-electron chi connectivity index (χ3n) is 6.11. The lowest BCUT2D eigenvalue weighted by Crippen LogP contribution is -2.38. The maximum Gasteiger partial charge on any atom is 0.251 e. The number of ether oxygens (including phenoxy) is 2. The summed E-state index contributed by atoms with van der Waals surface area (Å²) in [6, 6.07) is 14.4. The minimum absolute atomic E-state index is 0.00282. The smallest absolute Gasteiger partial charge is 0.251 e. The van der Waals surface area contributed by atoms with Crippen LogP contribution < -0.4 is 20.1 Å². The van der Waals surface area contributed by atoms with Crippen LogP contribution in [0.15, 0.2) is 42.5 Å². The van der Waals surface area contributed by atoms with Crippen LogP contribution in [0.25, 0.3) is 0 Å². The normalized spacial score (nSPS) is 15.2. The fourth-order valence-corrected chi connectivity index (χ4v) is 3.87. The van der Waals surface area contributed by atoms with Gasteiger partial charge in [0.25, 0.3) is 5.91 Å². The number of carbonyl (C=O) groups is 2. The van der Waals surface area contributed by atoms with Gasteiger partial charge in [-0.3, -0.25) is 14.5 Å². The summed E-state index contributed by atoms with van der Waals surface area (Å²) in [4.78, 5) is 27.0. The molecule has 2 amide bonds. The number of amides is 2. The molecule has 2 fully saturated rings. The second kappa shape index (κ2) is 10.7. The summed E-state index contributed by atoms with van der Waals surface area (Å²) in [5, 5.41) is 6.05. The molecular weight excluding hydrogens is 418 g/mol. The van der Waals surface area contributed by atoms with E-state index in [9.17, 15) is 9.59 Å². The van der Waals surface area contributed by atoms with E-state index < -0.39 is 0 Å². The Kier molecular flexibility index (Phi) is 7.50. The summed E-state index contributed by atoms with van der Waals surface area (Å²) >= 11 is 0. The summed E-state index contributed by atoms with van der Waals surface area (Å²) in [5.74, 6) is 1.42. The molecule has 2 aliphatic carbocycles. The van der Waals surface area contributed by atoms with Gasteiger partial charge < -0.3 is 20.1 Å². The molecule has 33 heavy (non-hydrogen) atoms. The van der Waals surface area contributed by atoms with Crippen molar-refractivity contribution in [1.82, 2.24) is 15.5 Å². The summed E-state index contributed by atoms with van der Waals surface area (Å²) in [6.07, 6.45) is 5.13.